The van der Waals surface area contributed by atoms with E-state index >= 15 is 0 Å². The first kappa shape index (κ1) is 11.3. The fourth-order valence-corrected chi connectivity index (χ4v) is 2.27. The molecule has 1 aliphatic heterocycles. The number of likely N-dealkylation sites (tertiary alicyclic amines) is 1. The molecule has 6 heteroatoms. The molecule has 2 heterocycles. The van der Waals surface area contributed by atoms with Gasteiger partial charge in [0.25, 0.3) is 0 Å². The molecule has 6 nitrogen and oxygen atoms in total. The Balaban J connectivity index is 1.57. The molecule has 2 fully saturated rings. The molecule has 1 saturated heterocycles. The molecule has 0 spiro atoms. The number of anilines is 1. The summed E-state index contributed by atoms with van der Waals surface area (Å²) in [6.45, 7) is 1.08. The maximum atomic E-state index is 10.8. The maximum absolute atomic E-state index is 10.8. The highest BCUT2D eigenvalue weighted by atomic mass is 16.4. The number of carbonyl (C=O) groups is 1. The first-order valence-electron chi connectivity index (χ1n) is 6.29. The first-order valence-corrected chi connectivity index (χ1v) is 6.29. The van der Waals surface area contributed by atoms with Gasteiger partial charge in [-0.05, 0) is 30.7 Å². The minimum atomic E-state index is -0.857. The molecule has 1 aromatic heterocycles. The van der Waals surface area contributed by atoms with Gasteiger partial charge in [0.05, 0.1) is 0 Å². The van der Waals surface area contributed by atoms with E-state index in [2.05, 4.69) is 15.3 Å². The van der Waals surface area contributed by atoms with Gasteiger partial charge in [0.15, 0.2) is 0 Å². The number of nitrogens with zero attached hydrogens (tertiary/aromatic N) is 3. The van der Waals surface area contributed by atoms with Crippen molar-refractivity contribution in [1.29, 1.82) is 0 Å². The van der Waals surface area contributed by atoms with Crippen LogP contribution in [0.5, 0.6) is 0 Å². The Morgan fingerprint density at radius 1 is 1.33 bits per heavy atom. The molecule has 1 atom stereocenters. The fraction of sp³-hybridized carbons (Fsp3) is 0.583. The van der Waals surface area contributed by atoms with Gasteiger partial charge in [-0.1, -0.05) is 0 Å². The van der Waals surface area contributed by atoms with Gasteiger partial charge >= 0.3 is 6.09 Å². The van der Waals surface area contributed by atoms with Gasteiger partial charge in [0.1, 0.15) is 0 Å². The van der Waals surface area contributed by atoms with E-state index in [0.29, 0.717) is 25.0 Å². The summed E-state index contributed by atoms with van der Waals surface area (Å²) in [6, 6.07) is 0.118. The Kier molecular flexibility index (Phi) is 2.77. The number of aromatic nitrogens is 2. The lowest BCUT2D eigenvalue weighted by molar-refractivity contribution is 0.155. The minimum Gasteiger partial charge on any atom is -0.465 e. The summed E-state index contributed by atoms with van der Waals surface area (Å²) >= 11 is 0. The summed E-state index contributed by atoms with van der Waals surface area (Å²) in [4.78, 5) is 20.8. The van der Waals surface area contributed by atoms with E-state index in [4.69, 9.17) is 5.11 Å². The molecule has 2 N–H and O–H groups in total. The van der Waals surface area contributed by atoms with E-state index in [-0.39, 0.29) is 6.04 Å². The highest BCUT2D eigenvalue weighted by Crippen LogP contribution is 2.39. The highest BCUT2D eigenvalue weighted by Gasteiger charge is 2.27. The second kappa shape index (κ2) is 4.44. The average Bonchev–Trinajstić information content (AvgIpc) is 3.10. The molecule has 1 saturated carbocycles. The summed E-state index contributed by atoms with van der Waals surface area (Å²) in [7, 11) is 0. The van der Waals surface area contributed by atoms with Crippen LogP contribution in [0.1, 0.15) is 30.7 Å². The van der Waals surface area contributed by atoms with Crippen LogP contribution in [0, 0.1) is 0 Å². The van der Waals surface area contributed by atoms with Crippen LogP contribution in [-0.2, 0) is 0 Å². The van der Waals surface area contributed by atoms with Gasteiger partial charge in [0.2, 0.25) is 5.95 Å². The Morgan fingerprint density at radius 3 is 2.61 bits per heavy atom. The van der Waals surface area contributed by atoms with Crippen molar-refractivity contribution in [2.75, 3.05) is 18.4 Å². The summed E-state index contributed by atoms with van der Waals surface area (Å²) in [5.74, 6) is 1.25. The monoisotopic (exact) mass is 248 g/mol. The van der Waals surface area contributed by atoms with Gasteiger partial charge in [-0.2, -0.15) is 0 Å². The lowest BCUT2D eigenvalue weighted by Gasteiger charge is -2.13. The SMILES string of the molecule is O=C(O)N1CC[C@@H](Nc2ncc(C3CC3)cn2)C1. The number of hydrogen-bond acceptors (Lipinski definition) is 4. The van der Waals surface area contributed by atoms with Gasteiger partial charge < -0.3 is 15.3 Å². The van der Waals surface area contributed by atoms with E-state index in [1.54, 1.807) is 0 Å². The van der Waals surface area contributed by atoms with Crippen molar-refractivity contribution in [3.05, 3.63) is 18.0 Å². The highest BCUT2D eigenvalue weighted by molar-refractivity contribution is 5.65. The van der Waals surface area contributed by atoms with E-state index in [1.807, 2.05) is 12.4 Å². The Morgan fingerprint density at radius 2 is 2.06 bits per heavy atom. The second-order valence-corrected chi connectivity index (χ2v) is 4.97. The quantitative estimate of drug-likeness (QED) is 0.847. The van der Waals surface area contributed by atoms with E-state index in [0.717, 1.165) is 6.42 Å². The molecule has 0 aromatic carbocycles. The third kappa shape index (κ3) is 2.37. The summed E-state index contributed by atoms with van der Waals surface area (Å²) < 4.78 is 0. The zero-order chi connectivity index (χ0) is 12.5. The molecule has 2 aliphatic rings. The third-order valence-corrected chi connectivity index (χ3v) is 3.51. The number of nitrogens with one attached hydrogen (secondary N) is 1. The third-order valence-electron chi connectivity index (χ3n) is 3.51. The van der Waals surface area contributed by atoms with Crippen molar-refractivity contribution in [1.82, 2.24) is 14.9 Å². The van der Waals surface area contributed by atoms with E-state index in [9.17, 15) is 4.79 Å². The number of rotatable bonds is 3. The Hall–Kier alpha value is -1.85. The number of hydrogen-bond donors (Lipinski definition) is 2. The lowest BCUT2D eigenvalue weighted by atomic mass is 10.2. The molecule has 1 aliphatic carbocycles. The first-order chi connectivity index (χ1) is 8.72. The molecule has 3 rings (SSSR count). The molecule has 0 radical (unpaired) electrons. The van der Waals surface area contributed by atoms with Crippen LogP contribution in [0.2, 0.25) is 0 Å². The fourth-order valence-electron chi connectivity index (χ4n) is 2.27. The van der Waals surface area contributed by atoms with Crippen molar-refractivity contribution in [2.45, 2.75) is 31.2 Å². The van der Waals surface area contributed by atoms with Gasteiger partial charge in [-0.15, -0.1) is 0 Å². The van der Waals surface area contributed by atoms with Crippen LogP contribution in [0.3, 0.4) is 0 Å². The van der Waals surface area contributed by atoms with Gasteiger partial charge in [-0.25, -0.2) is 14.8 Å². The van der Waals surface area contributed by atoms with Crippen LogP contribution in [0.15, 0.2) is 12.4 Å². The zero-order valence-corrected chi connectivity index (χ0v) is 10.0. The lowest BCUT2D eigenvalue weighted by Crippen LogP contribution is -2.30. The van der Waals surface area contributed by atoms with Gasteiger partial charge in [0, 0.05) is 31.5 Å². The largest absolute Gasteiger partial charge is 0.465 e. The molecule has 0 bridgehead atoms. The van der Waals surface area contributed by atoms with Crippen LogP contribution < -0.4 is 5.32 Å². The maximum Gasteiger partial charge on any atom is 0.407 e. The van der Waals surface area contributed by atoms with Crippen molar-refractivity contribution in [2.24, 2.45) is 0 Å². The molecule has 18 heavy (non-hydrogen) atoms. The molecule has 0 unspecified atom stereocenters. The van der Waals surface area contributed by atoms with Crippen molar-refractivity contribution in [3.63, 3.8) is 0 Å². The molecule has 1 aromatic rings. The summed E-state index contributed by atoms with van der Waals surface area (Å²) in [6.07, 6.45) is 6.18. The Bertz CT molecular complexity index is 444. The molecular weight excluding hydrogens is 232 g/mol. The van der Waals surface area contributed by atoms with Crippen molar-refractivity contribution >= 4 is 12.0 Å². The Labute approximate surface area is 105 Å². The predicted molar refractivity (Wildman–Crippen MR) is 65.6 cm³/mol. The second-order valence-electron chi connectivity index (χ2n) is 4.97. The standard InChI is InChI=1S/C12H16N4O2/c17-12(18)16-4-3-10(7-16)15-11-13-5-9(6-14-11)8-1-2-8/h5-6,8,10H,1-4,7H2,(H,17,18)(H,13,14,15)/t10-/m1/s1. The van der Waals surface area contributed by atoms with Crippen molar-refractivity contribution in [3.8, 4) is 0 Å². The number of amides is 1. The van der Waals surface area contributed by atoms with E-state index in [1.165, 1.54) is 23.3 Å². The van der Waals surface area contributed by atoms with Crippen LogP contribution in [0.4, 0.5) is 10.7 Å². The van der Waals surface area contributed by atoms with E-state index < -0.39 is 6.09 Å². The smallest absolute Gasteiger partial charge is 0.407 e. The number of carboxylic acid groups (broad SMARTS) is 1. The minimum absolute atomic E-state index is 0.118. The van der Waals surface area contributed by atoms with Crippen LogP contribution in [-0.4, -0.2) is 45.2 Å². The predicted octanol–water partition coefficient (Wildman–Crippen LogP) is 1.52. The molecule has 96 valence electrons. The topological polar surface area (TPSA) is 78.4 Å². The average molecular weight is 248 g/mol. The van der Waals surface area contributed by atoms with Crippen LogP contribution in [0.25, 0.3) is 0 Å². The molecular formula is C12H16N4O2. The summed E-state index contributed by atoms with van der Waals surface area (Å²) in [5.41, 5.74) is 1.21. The van der Waals surface area contributed by atoms with Crippen molar-refractivity contribution < 1.29 is 9.90 Å². The van der Waals surface area contributed by atoms with Crippen LogP contribution >= 0.6 is 0 Å². The zero-order valence-electron chi connectivity index (χ0n) is 10.0. The normalized spacial score (nSPS) is 23.1. The van der Waals surface area contributed by atoms with Gasteiger partial charge in [-0.3, -0.25) is 0 Å². The summed E-state index contributed by atoms with van der Waals surface area (Å²) in [5, 5.41) is 12.1. The molecule has 1 amide bonds.